The van der Waals surface area contributed by atoms with Crippen LogP contribution in [0.1, 0.15) is 18.5 Å². The number of unbranched alkanes of at least 4 members (excludes halogenated alkanes) is 1. The molecule has 0 aliphatic heterocycles. The quantitative estimate of drug-likeness (QED) is 0.257. The minimum absolute atomic E-state index is 0.298. The third kappa shape index (κ3) is 6.12. The zero-order chi connectivity index (χ0) is 20.0. The lowest BCUT2D eigenvalue weighted by Gasteiger charge is -2.04. The summed E-state index contributed by atoms with van der Waals surface area (Å²) in [5.41, 5.74) is 8.21. The Hall–Kier alpha value is -2.82. The summed E-state index contributed by atoms with van der Waals surface area (Å²) in [5, 5.41) is 8.12. The molecular formula is C17H20F3N7S. The third-order valence-electron chi connectivity index (χ3n) is 3.76. The van der Waals surface area contributed by atoms with E-state index in [1.165, 1.54) is 11.3 Å². The number of nitrogens with two attached hydrogens (primary N) is 1. The molecule has 0 fully saturated rings. The molecule has 3 rings (SSSR count). The smallest absolute Gasteiger partial charge is 0.370 e. The number of fused-ring (bicyclic) bond motifs is 1. The number of halogens is 3. The number of aliphatic imine (C=N–C) groups is 1. The van der Waals surface area contributed by atoms with Gasteiger partial charge in [0.05, 0.1) is 16.7 Å². The number of alkyl halides is 3. The molecule has 0 saturated heterocycles. The van der Waals surface area contributed by atoms with Crippen LogP contribution in [-0.4, -0.2) is 40.2 Å². The molecule has 11 heteroatoms. The van der Waals surface area contributed by atoms with Gasteiger partial charge in [-0.05, 0) is 31.4 Å². The second-order valence-corrected chi connectivity index (χ2v) is 6.93. The van der Waals surface area contributed by atoms with Crippen molar-refractivity contribution < 1.29 is 13.2 Å². The van der Waals surface area contributed by atoms with Crippen LogP contribution in [0, 0.1) is 0 Å². The normalized spacial score (nSPS) is 12.5. The minimum atomic E-state index is -4.38. The van der Waals surface area contributed by atoms with E-state index < -0.39 is 12.7 Å². The van der Waals surface area contributed by atoms with Crippen LogP contribution in [0.3, 0.4) is 0 Å². The molecule has 150 valence electrons. The highest BCUT2D eigenvalue weighted by Gasteiger charge is 2.26. The van der Waals surface area contributed by atoms with Gasteiger partial charge in [-0.15, -0.1) is 11.3 Å². The van der Waals surface area contributed by atoms with E-state index in [0.717, 1.165) is 48.5 Å². The molecule has 0 atom stereocenters. The van der Waals surface area contributed by atoms with Crippen molar-refractivity contribution in [1.82, 2.24) is 15.0 Å². The van der Waals surface area contributed by atoms with Crippen molar-refractivity contribution >= 4 is 39.4 Å². The Kier molecular flexibility index (Phi) is 6.34. The highest BCUT2D eigenvalue weighted by atomic mass is 32.1. The maximum absolute atomic E-state index is 12.1. The minimum Gasteiger partial charge on any atom is -0.370 e. The fraction of sp³-hybridized carbons (Fsp3) is 0.353. The van der Waals surface area contributed by atoms with Crippen LogP contribution in [0.5, 0.6) is 0 Å². The molecule has 0 radical (unpaired) electrons. The molecule has 0 aliphatic carbocycles. The van der Waals surface area contributed by atoms with Gasteiger partial charge in [0.2, 0.25) is 5.95 Å². The van der Waals surface area contributed by atoms with Crippen molar-refractivity contribution in [2.75, 3.05) is 23.7 Å². The van der Waals surface area contributed by atoms with Gasteiger partial charge in [0.25, 0.3) is 0 Å². The highest BCUT2D eigenvalue weighted by molar-refractivity contribution is 7.13. The number of guanidine groups is 1. The van der Waals surface area contributed by atoms with Crippen molar-refractivity contribution in [1.29, 1.82) is 0 Å². The number of imidazole rings is 1. The number of aromatic nitrogens is 3. The standard InChI is InChI=1S/C17H20F3N7S/c18-17(19,20)10-23-14(21)27-16-24-11(9-28-16)5-3-4-8-22-15-25-12-6-1-2-7-13(12)26-15/h1-2,6-7,9H,3-5,8,10H2,(H2,22,25,26)(H3,21,23,24,27). The molecule has 7 nitrogen and oxygen atoms in total. The molecule has 2 aromatic heterocycles. The second-order valence-electron chi connectivity index (χ2n) is 6.07. The lowest BCUT2D eigenvalue weighted by Crippen LogP contribution is -2.25. The number of rotatable bonds is 8. The summed E-state index contributed by atoms with van der Waals surface area (Å²) < 4.78 is 36.3. The van der Waals surface area contributed by atoms with Crippen LogP contribution in [0.2, 0.25) is 0 Å². The molecule has 0 saturated carbocycles. The van der Waals surface area contributed by atoms with E-state index in [9.17, 15) is 13.2 Å². The maximum Gasteiger partial charge on any atom is 0.408 e. The Morgan fingerprint density at radius 3 is 2.82 bits per heavy atom. The topological polar surface area (TPSA) is 104 Å². The van der Waals surface area contributed by atoms with E-state index in [1.807, 2.05) is 29.6 Å². The van der Waals surface area contributed by atoms with Crippen molar-refractivity contribution in [3.63, 3.8) is 0 Å². The molecule has 0 amide bonds. The molecule has 0 spiro atoms. The van der Waals surface area contributed by atoms with Gasteiger partial charge < -0.3 is 21.4 Å². The summed E-state index contributed by atoms with van der Waals surface area (Å²) in [4.78, 5) is 15.2. The number of nitrogens with zero attached hydrogens (tertiary/aromatic N) is 3. The lowest BCUT2D eigenvalue weighted by atomic mass is 10.2. The van der Waals surface area contributed by atoms with E-state index in [0.29, 0.717) is 5.13 Å². The Labute approximate surface area is 163 Å². The molecule has 28 heavy (non-hydrogen) atoms. The summed E-state index contributed by atoms with van der Waals surface area (Å²) in [7, 11) is 0. The van der Waals surface area contributed by atoms with Crippen molar-refractivity contribution in [3.05, 3.63) is 35.3 Å². The number of benzene rings is 1. The first-order chi connectivity index (χ1) is 13.4. The lowest BCUT2D eigenvalue weighted by molar-refractivity contribution is -0.118. The Morgan fingerprint density at radius 2 is 2.04 bits per heavy atom. The average molecular weight is 411 g/mol. The van der Waals surface area contributed by atoms with Crippen molar-refractivity contribution in [3.8, 4) is 0 Å². The van der Waals surface area contributed by atoms with Gasteiger partial charge in [-0.3, -0.25) is 0 Å². The van der Waals surface area contributed by atoms with Gasteiger partial charge in [0.15, 0.2) is 11.1 Å². The number of aromatic amines is 1. The number of anilines is 2. The summed E-state index contributed by atoms with van der Waals surface area (Å²) in [6, 6.07) is 7.82. The van der Waals surface area contributed by atoms with Gasteiger partial charge >= 0.3 is 6.18 Å². The first-order valence-corrected chi connectivity index (χ1v) is 9.54. The largest absolute Gasteiger partial charge is 0.408 e. The number of nitrogens with one attached hydrogen (secondary N) is 3. The second kappa shape index (κ2) is 8.91. The average Bonchev–Trinajstić information content (AvgIpc) is 3.25. The SMILES string of the molecule is N/C(=N/CC(F)(F)F)Nc1nc(CCCCNc2nc3ccccc3[nH]2)cs1. The monoisotopic (exact) mass is 411 g/mol. The van der Waals surface area contributed by atoms with Gasteiger partial charge in [0.1, 0.15) is 6.54 Å². The number of hydrogen-bond donors (Lipinski definition) is 4. The van der Waals surface area contributed by atoms with Crippen LogP contribution < -0.4 is 16.4 Å². The molecule has 1 aromatic carbocycles. The predicted molar refractivity (Wildman–Crippen MR) is 106 cm³/mol. The number of para-hydroxylation sites is 2. The van der Waals surface area contributed by atoms with Crippen LogP contribution in [0.15, 0.2) is 34.6 Å². The Morgan fingerprint density at radius 1 is 1.21 bits per heavy atom. The number of H-pyrrole nitrogens is 1. The molecule has 3 aromatic rings. The van der Waals surface area contributed by atoms with Crippen LogP contribution in [0.25, 0.3) is 11.0 Å². The fourth-order valence-corrected chi connectivity index (χ4v) is 3.23. The van der Waals surface area contributed by atoms with Gasteiger partial charge in [0, 0.05) is 11.9 Å². The van der Waals surface area contributed by atoms with Gasteiger partial charge in [-0.1, -0.05) is 12.1 Å². The zero-order valence-corrected chi connectivity index (χ0v) is 15.7. The van der Waals surface area contributed by atoms with Gasteiger partial charge in [-0.2, -0.15) is 13.2 Å². The Bertz CT molecular complexity index is 899. The molecule has 0 aliphatic rings. The fourth-order valence-electron chi connectivity index (χ4n) is 2.48. The summed E-state index contributed by atoms with van der Waals surface area (Å²) in [5.74, 6) is 0.447. The van der Waals surface area contributed by atoms with Crippen molar-refractivity contribution in [2.45, 2.75) is 25.4 Å². The molecule has 0 unspecified atom stereocenters. The van der Waals surface area contributed by atoms with E-state index in [1.54, 1.807) is 0 Å². The first kappa shape index (κ1) is 19.9. The van der Waals surface area contributed by atoms with E-state index in [4.69, 9.17) is 5.73 Å². The van der Waals surface area contributed by atoms with E-state index in [2.05, 4.69) is 30.6 Å². The molecule has 5 N–H and O–H groups in total. The maximum atomic E-state index is 12.1. The Balaban J connectivity index is 1.37. The van der Waals surface area contributed by atoms with Gasteiger partial charge in [-0.25, -0.2) is 15.0 Å². The number of aryl methyl sites for hydroxylation is 1. The summed E-state index contributed by atoms with van der Waals surface area (Å²) >= 11 is 1.28. The predicted octanol–water partition coefficient (Wildman–Crippen LogP) is 3.74. The highest BCUT2D eigenvalue weighted by Crippen LogP contribution is 2.18. The zero-order valence-electron chi connectivity index (χ0n) is 14.9. The molecular weight excluding hydrogens is 391 g/mol. The number of hydrogen-bond acceptors (Lipinski definition) is 5. The van der Waals surface area contributed by atoms with Crippen LogP contribution in [0.4, 0.5) is 24.3 Å². The first-order valence-electron chi connectivity index (χ1n) is 8.66. The molecule has 0 bridgehead atoms. The van der Waals surface area contributed by atoms with Crippen molar-refractivity contribution in [2.24, 2.45) is 10.7 Å². The van der Waals surface area contributed by atoms with Crippen LogP contribution in [-0.2, 0) is 6.42 Å². The summed E-state index contributed by atoms with van der Waals surface area (Å²) in [6.45, 7) is -0.547. The number of thiazole rings is 1. The van der Waals surface area contributed by atoms with E-state index >= 15 is 0 Å². The summed E-state index contributed by atoms with van der Waals surface area (Å²) in [6.07, 6.45) is -1.78. The van der Waals surface area contributed by atoms with Crippen LogP contribution >= 0.6 is 11.3 Å². The van der Waals surface area contributed by atoms with E-state index in [-0.39, 0.29) is 5.96 Å². The molecule has 2 heterocycles. The third-order valence-corrected chi connectivity index (χ3v) is 4.56.